The number of fused-ring (bicyclic) bond motifs is 1. The van der Waals surface area contributed by atoms with Crippen LogP contribution in [-0.2, 0) is 0 Å². The molecule has 0 aliphatic carbocycles. The molecule has 21 heavy (non-hydrogen) atoms. The number of pyridine rings is 1. The molecule has 0 unspecified atom stereocenters. The van der Waals surface area contributed by atoms with Gasteiger partial charge in [0.2, 0.25) is 0 Å². The zero-order valence-corrected chi connectivity index (χ0v) is 12.2. The number of phenols is 2. The maximum Gasteiger partial charge on any atom is 0.131 e. The first-order valence-electron chi connectivity index (χ1n) is 6.28. The molecule has 3 N–H and O–H groups in total. The van der Waals surface area contributed by atoms with Crippen LogP contribution < -0.4 is 5.32 Å². The molecule has 0 atom stereocenters. The molecule has 0 bridgehead atoms. The van der Waals surface area contributed by atoms with Crippen LogP contribution in [0.1, 0.15) is 5.56 Å². The van der Waals surface area contributed by atoms with Crippen molar-refractivity contribution in [1.29, 1.82) is 0 Å². The van der Waals surface area contributed by atoms with Gasteiger partial charge in [0.1, 0.15) is 17.3 Å². The molecular formula is C16H15ClN2O2. The lowest BCUT2D eigenvalue weighted by Gasteiger charge is -2.09. The number of halogens is 1. The first kappa shape index (κ1) is 14.9. The molecule has 0 spiro atoms. The van der Waals surface area contributed by atoms with Gasteiger partial charge < -0.3 is 15.5 Å². The molecule has 3 aromatic rings. The molecule has 0 radical (unpaired) electrons. The fourth-order valence-corrected chi connectivity index (χ4v) is 2.15. The molecule has 2 aromatic carbocycles. The number of benzene rings is 2. The Bertz CT molecular complexity index is 773. The zero-order chi connectivity index (χ0) is 14.1. The van der Waals surface area contributed by atoms with Crippen LogP contribution >= 0.6 is 12.4 Å². The van der Waals surface area contributed by atoms with Crippen LogP contribution in [-0.4, -0.2) is 15.2 Å². The summed E-state index contributed by atoms with van der Waals surface area (Å²) in [6.07, 6.45) is 0. The van der Waals surface area contributed by atoms with E-state index in [0.29, 0.717) is 5.82 Å². The Kier molecular flexibility index (Phi) is 4.19. The van der Waals surface area contributed by atoms with Crippen molar-refractivity contribution < 1.29 is 10.2 Å². The third-order valence-corrected chi connectivity index (χ3v) is 3.14. The van der Waals surface area contributed by atoms with E-state index in [9.17, 15) is 10.2 Å². The van der Waals surface area contributed by atoms with Crippen molar-refractivity contribution >= 4 is 34.8 Å². The van der Waals surface area contributed by atoms with Gasteiger partial charge in [-0.25, -0.2) is 4.98 Å². The monoisotopic (exact) mass is 302 g/mol. The normalized spacial score (nSPS) is 10.1. The largest absolute Gasteiger partial charge is 0.508 e. The van der Waals surface area contributed by atoms with Crippen molar-refractivity contribution in [1.82, 2.24) is 4.98 Å². The van der Waals surface area contributed by atoms with E-state index in [4.69, 9.17) is 0 Å². The number of nitrogens with one attached hydrogen (secondary N) is 1. The van der Waals surface area contributed by atoms with Gasteiger partial charge in [-0.1, -0.05) is 0 Å². The van der Waals surface area contributed by atoms with Crippen molar-refractivity contribution in [3.05, 3.63) is 54.1 Å². The van der Waals surface area contributed by atoms with Gasteiger partial charge in [0, 0.05) is 17.1 Å². The van der Waals surface area contributed by atoms with E-state index in [-0.39, 0.29) is 23.9 Å². The minimum atomic E-state index is 0. The van der Waals surface area contributed by atoms with Gasteiger partial charge in [0.05, 0.1) is 5.52 Å². The van der Waals surface area contributed by atoms with Gasteiger partial charge in [-0.3, -0.25) is 0 Å². The maximum absolute atomic E-state index is 9.54. The van der Waals surface area contributed by atoms with Gasteiger partial charge in [0.15, 0.2) is 0 Å². The number of anilines is 2. The van der Waals surface area contributed by atoms with Crippen molar-refractivity contribution in [2.24, 2.45) is 0 Å². The Hall–Kier alpha value is -2.46. The number of aryl methyl sites for hydroxylation is 1. The third-order valence-electron chi connectivity index (χ3n) is 3.14. The van der Waals surface area contributed by atoms with E-state index in [1.54, 1.807) is 36.4 Å². The second-order valence-electron chi connectivity index (χ2n) is 4.70. The van der Waals surface area contributed by atoms with E-state index in [1.165, 1.54) is 0 Å². The van der Waals surface area contributed by atoms with Gasteiger partial charge in [-0.05, 0) is 55.0 Å². The molecule has 0 fully saturated rings. The molecule has 4 nitrogen and oxygen atoms in total. The standard InChI is InChI=1S/C16H14N2O2.ClH/c1-10-8-16(17-11-2-4-12(19)5-3-11)18-15-9-13(20)6-7-14(10)15;/h2-9,19-20H,1H3,(H,17,18);1H. The highest BCUT2D eigenvalue weighted by atomic mass is 35.5. The highest BCUT2D eigenvalue weighted by Crippen LogP contribution is 2.25. The highest BCUT2D eigenvalue weighted by molar-refractivity contribution is 5.86. The van der Waals surface area contributed by atoms with Gasteiger partial charge in [-0.2, -0.15) is 0 Å². The highest BCUT2D eigenvalue weighted by Gasteiger charge is 2.04. The average Bonchev–Trinajstić information content (AvgIpc) is 2.41. The molecular weight excluding hydrogens is 288 g/mol. The van der Waals surface area contributed by atoms with Crippen molar-refractivity contribution in [3.63, 3.8) is 0 Å². The second kappa shape index (κ2) is 5.89. The number of rotatable bonds is 2. The lowest BCUT2D eigenvalue weighted by atomic mass is 10.1. The van der Waals surface area contributed by atoms with E-state index >= 15 is 0 Å². The fraction of sp³-hybridized carbons (Fsp3) is 0.0625. The van der Waals surface area contributed by atoms with Gasteiger partial charge in [-0.15, -0.1) is 12.4 Å². The van der Waals surface area contributed by atoms with Crippen LogP contribution in [0.25, 0.3) is 10.9 Å². The Balaban J connectivity index is 0.00000161. The first-order valence-corrected chi connectivity index (χ1v) is 6.28. The molecule has 3 rings (SSSR count). The summed E-state index contributed by atoms with van der Waals surface area (Å²) in [7, 11) is 0. The Morgan fingerprint density at radius 2 is 1.57 bits per heavy atom. The van der Waals surface area contributed by atoms with E-state index in [2.05, 4.69) is 10.3 Å². The fourth-order valence-electron chi connectivity index (χ4n) is 2.15. The van der Waals surface area contributed by atoms with Crippen LogP contribution in [0.3, 0.4) is 0 Å². The van der Waals surface area contributed by atoms with Gasteiger partial charge in [0.25, 0.3) is 0 Å². The third kappa shape index (κ3) is 3.17. The summed E-state index contributed by atoms with van der Waals surface area (Å²) in [5, 5.41) is 23.0. The molecule has 1 aromatic heterocycles. The van der Waals surface area contributed by atoms with Crippen LogP contribution in [0.15, 0.2) is 48.5 Å². The average molecular weight is 303 g/mol. The molecule has 0 aliphatic rings. The summed E-state index contributed by atoms with van der Waals surface area (Å²) in [5.41, 5.74) is 2.66. The molecule has 0 saturated carbocycles. The number of aromatic hydroxyl groups is 2. The number of hydrogen-bond donors (Lipinski definition) is 3. The summed E-state index contributed by atoms with van der Waals surface area (Å²) < 4.78 is 0. The van der Waals surface area contributed by atoms with E-state index in [0.717, 1.165) is 22.2 Å². The smallest absolute Gasteiger partial charge is 0.131 e. The summed E-state index contributed by atoms with van der Waals surface area (Å²) in [6, 6.07) is 13.9. The number of hydrogen-bond acceptors (Lipinski definition) is 4. The Morgan fingerprint density at radius 1 is 0.905 bits per heavy atom. The molecule has 5 heteroatoms. The molecule has 1 heterocycles. The van der Waals surface area contributed by atoms with Crippen molar-refractivity contribution in [2.45, 2.75) is 6.92 Å². The van der Waals surface area contributed by atoms with Crippen LogP contribution in [0.5, 0.6) is 11.5 Å². The molecule has 0 saturated heterocycles. The quantitative estimate of drug-likeness (QED) is 0.623. The summed E-state index contributed by atoms with van der Waals surface area (Å²) in [6.45, 7) is 2.00. The molecule has 108 valence electrons. The number of phenolic OH excluding ortho intramolecular Hbond substituents is 2. The zero-order valence-electron chi connectivity index (χ0n) is 11.4. The predicted octanol–water partition coefficient (Wildman–Crippen LogP) is 4.12. The summed E-state index contributed by atoms with van der Waals surface area (Å²) in [5.74, 6) is 1.13. The lowest BCUT2D eigenvalue weighted by molar-refractivity contribution is 0.475. The molecule has 0 aliphatic heterocycles. The van der Waals surface area contributed by atoms with Crippen LogP contribution in [0, 0.1) is 6.92 Å². The predicted molar refractivity (Wildman–Crippen MR) is 86.8 cm³/mol. The maximum atomic E-state index is 9.54. The van der Waals surface area contributed by atoms with Gasteiger partial charge >= 0.3 is 0 Å². The van der Waals surface area contributed by atoms with Crippen molar-refractivity contribution in [2.75, 3.05) is 5.32 Å². The Labute approximate surface area is 128 Å². The van der Waals surface area contributed by atoms with Crippen molar-refractivity contribution in [3.8, 4) is 11.5 Å². The number of nitrogens with zero attached hydrogens (tertiary/aromatic N) is 1. The van der Waals surface area contributed by atoms with E-state index in [1.807, 2.05) is 19.1 Å². The topological polar surface area (TPSA) is 65.4 Å². The second-order valence-corrected chi connectivity index (χ2v) is 4.70. The first-order chi connectivity index (χ1) is 9.61. The minimum Gasteiger partial charge on any atom is -0.508 e. The summed E-state index contributed by atoms with van der Waals surface area (Å²) in [4.78, 5) is 4.48. The van der Waals surface area contributed by atoms with Crippen LogP contribution in [0.4, 0.5) is 11.5 Å². The lowest BCUT2D eigenvalue weighted by Crippen LogP contribution is -1.95. The van der Waals surface area contributed by atoms with Crippen LogP contribution in [0.2, 0.25) is 0 Å². The van der Waals surface area contributed by atoms with E-state index < -0.39 is 0 Å². The minimum absolute atomic E-state index is 0. The molecule has 0 amide bonds. The summed E-state index contributed by atoms with van der Waals surface area (Å²) >= 11 is 0. The number of aromatic nitrogens is 1. The SMILES string of the molecule is Cc1cc(Nc2ccc(O)cc2)nc2cc(O)ccc12.Cl. The Morgan fingerprint density at radius 3 is 2.29 bits per heavy atom.